The minimum absolute atomic E-state index is 0.0673. The molecule has 2 amide bonds. The Hall–Kier alpha value is -1.56. The molecule has 0 bridgehead atoms. The third kappa shape index (κ3) is 4.52. The lowest BCUT2D eigenvalue weighted by Crippen LogP contribution is -2.46. The van der Waals surface area contributed by atoms with Crippen molar-refractivity contribution in [1.82, 2.24) is 10.6 Å². The molecule has 0 spiro atoms. The highest BCUT2D eigenvalue weighted by Crippen LogP contribution is 2.25. The fraction of sp³-hybridized carbons (Fsp3) is 0.571. The maximum absolute atomic E-state index is 12.0. The smallest absolute Gasteiger partial charge is 0.315 e. The first kappa shape index (κ1) is 16.5. The molecule has 6 heteroatoms. The van der Waals surface area contributed by atoms with E-state index in [1.54, 1.807) is 25.2 Å². The second-order valence-corrected chi connectivity index (χ2v) is 6.25. The van der Waals surface area contributed by atoms with Crippen molar-refractivity contribution in [3.8, 4) is 0 Å². The van der Waals surface area contributed by atoms with Gasteiger partial charge in [-0.15, -0.1) is 11.3 Å². The number of carbonyl (C=O) groups excluding carboxylic acids is 1. The van der Waals surface area contributed by atoms with Gasteiger partial charge >= 0.3 is 12.0 Å². The highest BCUT2D eigenvalue weighted by Gasteiger charge is 2.23. The molecular formula is C14H22N2O3S. The molecule has 3 atom stereocenters. The zero-order valence-corrected chi connectivity index (χ0v) is 13.0. The van der Waals surface area contributed by atoms with Gasteiger partial charge in [-0.05, 0) is 31.2 Å². The number of carboxylic acid groups (broad SMARTS) is 1. The van der Waals surface area contributed by atoms with Crippen LogP contribution in [0.1, 0.15) is 38.6 Å². The molecule has 3 N–H and O–H groups in total. The van der Waals surface area contributed by atoms with Gasteiger partial charge in [-0.3, -0.25) is 4.79 Å². The van der Waals surface area contributed by atoms with Crippen molar-refractivity contribution in [3.63, 3.8) is 0 Å². The molecule has 0 aliphatic heterocycles. The number of hydrogen-bond acceptors (Lipinski definition) is 3. The second-order valence-electron chi connectivity index (χ2n) is 5.27. The van der Waals surface area contributed by atoms with E-state index in [0.29, 0.717) is 0 Å². The van der Waals surface area contributed by atoms with Gasteiger partial charge in [-0.2, -0.15) is 0 Å². The number of aliphatic carboxylic acids is 1. The van der Waals surface area contributed by atoms with Gasteiger partial charge in [0.05, 0.1) is 12.0 Å². The van der Waals surface area contributed by atoms with Gasteiger partial charge in [0, 0.05) is 10.9 Å². The van der Waals surface area contributed by atoms with Crippen molar-refractivity contribution < 1.29 is 14.7 Å². The maximum Gasteiger partial charge on any atom is 0.315 e. The van der Waals surface area contributed by atoms with Crippen molar-refractivity contribution in [2.24, 2.45) is 11.8 Å². The van der Waals surface area contributed by atoms with Gasteiger partial charge in [0.1, 0.15) is 0 Å². The van der Waals surface area contributed by atoms with E-state index in [4.69, 9.17) is 5.11 Å². The van der Waals surface area contributed by atoms with Crippen LogP contribution in [-0.4, -0.2) is 23.1 Å². The number of hydrogen-bond donors (Lipinski definition) is 3. The number of carbonyl (C=O) groups is 2. The first-order chi connectivity index (χ1) is 9.32. The van der Waals surface area contributed by atoms with Crippen LogP contribution in [0.4, 0.5) is 4.79 Å². The molecule has 5 nitrogen and oxygen atoms in total. The van der Waals surface area contributed by atoms with E-state index in [1.165, 1.54) is 0 Å². The molecule has 0 saturated carbocycles. The molecule has 3 unspecified atom stereocenters. The topological polar surface area (TPSA) is 78.4 Å². The van der Waals surface area contributed by atoms with Crippen LogP contribution in [-0.2, 0) is 4.79 Å². The highest BCUT2D eigenvalue weighted by atomic mass is 32.1. The Morgan fingerprint density at radius 2 is 1.85 bits per heavy atom. The predicted octanol–water partition coefficient (Wildman–Crippen LogP) is 2.85. The predicted molar refractivity (Wildman–Crippen MR) is 79.8 cm³/mol. The molecule has 0 aromatic carbocycles. The van der Waals surface area contributed by atoms with Gasteiger partial charge in [0.25, 0.3) is 0 Å². The molecule has 0 saturated heterocycles. The van der Waals surface area contributed by atoms with Crippen LogP contribution in [0.3, 0.4) is 0 Å². The van der Waals surface area contributed by atoms with Crippen LogP contribution >= 0.6 is 11.3 Å². The molecule has 0 aliphatic rings. The van der Waals surface area contributed by atoms with E-state index < -0.39 is 17.9 Å². The summed E-state index contributed by atoms with van der Waals surface area (Å²) in [7, 11) is 0. The Morgan fingerprint density at radius 3 is 2.30 bits per heavy atom. The lowest BCUT2D eigenvalue weighted by Gasteiger charge is -2.24. The number of urea groups is 1. The third-order valence-corrected chi connectivity index (χ3v) is 4.26. The molecule has 20 heavy (non-hydrogen) atoms. The third-order valence-electron chi connectivity index (χ3n) is 3.30. The molecular weight excluding hydrogens is 276 g/mol. The van der Waals surface area contributed by atoms with Gasteiger partial charge in [0.2, 0.25) is 0 Å². The van der Waals surface area contributed by atoms with E-state index in [-0.39, 0.29) is 18.0 Å². The molecule has 1 aromatic heterocycles. The quantitative estimate of drug-likeness (QED) is 0.755. The average Bonchev–Trinajstić information content (AvgIpc) is 2.87. The molecule has 1 rings (SSSR count). The summed E-state index contributed by atoms with van der Waals surface area (Å²) >= 11 is 1.59. The molecule has 1 heterocycles. The Morgan fingerprint density at radius 1 is 1.20 bits per heavy atom. The van der Waals surface area contributed by atoms with Gasteiger partial charge in [0.15, 0.2) is 0 Å². The van der Waals surface area contributed by atoms with Crippen LogP contribution in [0, 0.1) is 11.8 Å². The number of amides is 2. The van der Waals surface area contributed by atoms with Crippen LogP contribution in [0.25, 0.3) is 0 Å². The first-order valence-corrected chi connectivity index (χ1v) is 7.54. The van der Waals surface area contributed by atoms with Crippen molar-refractivity contribution in [2.45, 2.75) is 39.8 Å². The van der Waals surface area contributed by atoms with E-state index in [1.807, 2.05) is 31.4 Å². The number of thiophene rings is 1. The zero-order chi connectivity index (χ0) is 15.3. The maximum atomic E-state index is 12.0. The number of nitrogens with one attached hydrogen (secondary N) is 2. The lowest BCUT2D eigenvalue weighted by molar-refractivity contribution is -0.141. The summed E-state index contributed by atoms with van der Waals surface area (Å²) in [5.74, 6) is -1.29. The Balaban J connectivity index is 2.62. The normalized spacial score (nSPS) is 15.4. The van der Waals surface area contributed by atoms with E-state index in [9.17, 15) is 9.59 Å². The van der Waals surface area contributed by atoms with Crippen LogP contribution in [0.2, 0.25) is 0 Å². The molecule has 1 aromatic rings. The highest BCUT2D eigenvalue weighted by molar-refractivity contribution is 7.10. The Labute approximate surface area is 123 Å². The summed E-state index contributed by atoms with van der Waals surface area (Å²) in [5.41, 5.74) is 0. The summed E-state index contributed by atoms with van der Waals surface area (Å²) < 4.78 is 0. The van der Waals surface area contributed by atoms with E-state index >= 15 is 0 Å². The Bertz CT molecular complexity index is 445. The van der Waals surface area contributed by atoms with Gasteiger partial charge in [-0.25, -0.2) is 4.79 Å². The van der Waals surface area contributed by atoms with Crippen LogP contribution in [0.5, 0.6) is 0 Å². The summed E-state index contributed by atoms with van der Waals surface area (Å²) in [6.45, 7) is 7.34. The minimum atomic E-state index is -0.920. The summed E-state index contributed by atoms with van der Waals surface area (Å²) in [6.07, 6.45) is 0. The van der Waals surface area contributed by atoms with Crippen molar-refractivity contribution in [1.29, 1.82) is 0 Å². The number of rotatable bonds is 6. The molecule has 0 aliphatic carbocycles. The average molecular weight is 298 g/mol. The van der Waals surface area contributed by atoms with Crippen molar-refractivity contribution in [3.05, 3.63) is 22.4 Å². The second kappa shape index (κ2) is 7.28. The van der Waals surface area contributed by atoms with Crippen LogP contribution in [0.15, 0.2) is 17.5 Å². The standard InChI is InChI=1S/C14H22N2O3S/c1-8(2)12(11-6-5-7-20-11)16-14(19)15-10(4)9(3)13(17)18/h5-10,12H,1-4H3,(H,17,18)(H2,15,16,19). The van der Waals surface area contributed by atoms with Gasteiger partial charge in [-0.1, -0.05) is 19.9 Å². The molecule has 112 valence electrons. The minimum Gasteiger partial charge on any atom is -0.481 e. The van der Waals surface area contributed by atoms with E-state index in [2.05, 4.69) is 10.6 Å². The Kier molecular flexibility index (Phi) is 6.01. The van der Waals surface area contributed by atoms with Crippen molar-refractivity contribution >= 4 is 23.3 Å². The summed E-state index contributed by atoms with van der Waals surface area (Å²) in [4.78, 5) is 23.9. The largest absolute Gasteiger partial charge is 0.481 e. The summed E-state index contributed by atoms with van der Waals surface area (Å²) in [5, 5.41) is 16.5. The lowest BCUT2D eigenvalue weighted by atomic mass is 10.0. The van der Waals surface area contributed by atoms with Gasteiger partial charge < -0.3 is 15.7 Å². The van der Waals surface area contributed by atoms with Crippen molar-refractivity contribution in [2.75, 3.05) is 0 Å². The number of carboxylic acids is 1. The van der Waals surface area contributed by atoms with E-state index in [0.717, 1.165) is 4.88 Å². The first-order valence-electron chi connectivity index (χ1n) is 6.66. The summed E-state index contributed by atoms with van der Waals surface area (Å²) in [6, 6.07) is 3.10. The zero-order valence-electron chi connectivity index (χ0n) is 12.2. The molecule has 0 fully saturated rings. The fourth-order valence-electron chi connectivity index (χ4n) is 1.76. The molecule has 0 radical (unpaired) electrons. The fourth-order valence-corrected chi connectivity index (χ4v) is 2.71. The SMILES string of the molecule is CC(C)C(NC(=O)NC(C)C(C)C(=O)O)c1cccs1. The van der Waals surface area contributed by atoms with Crippen LogP contribution < -0.4 is 10.6 Å². The monoisotopic (exact) mass is 298 g/mol.